The first-order valence-corrected chi connectivity index (χ1v) is 10.1. The summed E-state index contributed by atoms with van der Waals surface area (Å²) < 4.78 is 6.49. The molecule has 1 rings (SSSR count). The molecule has 0 unspecified atom stereocenters. The smallest absolute Gasteiger partial charge is 0.223 e. The molecule has 1 heterocycles. The summed E-state index contributed by atoms with van der Waals surface area (Å²) in [5.41, 5.74) is 0. The van der Waals surface area contributed by atoms with Crippen LogP contribution in [0.4, 0.5) is 0 Å². The Morgan fingerprint density at radius 1 is 1.47 bits per heavy atom. The lowest BCUT2D eigenvalue weighted by molar-refractivity contribution is -0.139. The summed E-state index contributed by atoms with van der Waals surface area (Å²) >= 11 is 0. The zero-order chi connectivity index (χ0) is 14.8. The maximum absolute atomic E-state index is 11.9. The van der Waals surface area contributed by atoms with Gasteiger partial charge in [0.15, 0.2) is 8.32 Å². The van der Waals surface area contributed by atoms with Gasteiger partial charge in [0.05, 0.1) is 12.1 Å². The van der Waals surface area contributed by atoms with E-state index in [0.29, 0.717) is 13.0 Å². The Morgan fingerprint density at radius 2 is 2.05 bits per heavy atom. The minimum absolute atomic E-state index is 0.147. The Hall–Kier alpha value is -0.613. The van der Waals surface area contributed by atoms with Crippen molar-refractivity contribution in [3.05, 3.63) is 12.7 Å². The number of hydrogen-bond acceptors (Lipinski definition) is 2. The molecule has 0 aromatic rings. The van der Waals surface area contributed by atoms with Crippen molar-refractivity contribution in [1.82, 2.24) is 4.90 Å². The summed E-state index contributed by atoms with van der Waals surface area (Å²) in [5, 5.41) is 0.206. The standard InChI is InChI=1S/C15H29NO2Si/c1-8-11-16-12(2)13(9-10-14(16)17)18-19(6,7)15(3,4)5/h8,12-13H,1,9-11H2,2-7H3/t12-,13+/m0/s1. The first-order valence-electron chi connectivity index (χ1n) is 7.18. The summed E-state index contributed by atoms with van der Waals surface area (Å²) in [7, 11) is -1.77. The quantitative estimate of drug-likeness (QED) is 0.583. The zero-order valence-corrected chi connectivity index (χ0v) is 14.3. The molecule has 0 aromatic heterocycles. The van der Waals surface area contributed by atoms with Crippen LogP contribution in [0, 0.1) is 0 Å². The lowest BCUT2D eigenvalue weighted by Gasteiger charge is -2.45. The molecule has 4 heteroatoms. The number of likely N-dealkylation sites (tertiary alicyclic amines) is 1. The second kappa shape index (κ2) is 5.79. The second-order valence-electron chi connectivity index (χ2n) is 7.03. The van der Waals surface area contributed by atoms with E-state index in [1.54, 1.807) is 6.08 Å². The van der Waals surface area contributed by atoms with Gasteiger partial charge in [-0.25, -0.2) is 0 Å². The molecule has 3 nitrogen and oxygen atoms in total. The highest BCUT2D eigenvalue weighted by molar-refractivity contribution is 6.74. The topological polar surface area (TPSA) is 29.5 Å². The first-order chi connectivity index (χ1) is 8.60. The van der Waals surface area contributed by atoms with Gasteiger partial charge in [0.1, 0.15) is 0 Å². The molecule has 0 aliphatic carbocycles. The highest BCUT2D eigenvalue weighted by Gasteiger charge is 2.42. The molecule has 19 heavy (non-hydrogen) atoms. The van der Waals surface area contributed by atoms with Gasteiger partial charge in [-0.3, -0.25) is 4.79 Å². The molecule has 0 spiro atoms. The van der Waals surface area contributed by atoms with Crippen molar-refractivity contribution in [1.29, 1.82) is 0 Å². The summed E-state index contributed by atoms with van der Waals surface area (Å²) in [6, 6.07) is 0.147. The number of hydrogen-bond donors (Lipinski definition) is 0. The van der Waals surface area contributed by atoms with E-state index in [1.807, 2.05) is 4.90 Å². The fraction of sp³-hybridized carbons (Fsp3) is 0.800. The van der Waals surface area contributed by atoms with Crippen molar-refractivity contribution in [2.24, 2.45) is 0 Å². The molecule has 1 amide bonds. The molecule has 0 N–H and O–H groups in total. The van der Waals surface area contributed by atoms with Crippen molar-refractivity contribution >= 4 is 14.2 Å². The predicted octanol–water partition coefficient (Wildman–Crippen LogP) is 3.57. The van der Waals surface area contributed by atoms with Crippen LogP contribution in [0.1, 0.15) is 40.5 Å². The SMILES string of the molecule is C=CCN1C(=O)CC[C@@H](O[Si](C)(C)C(C)(C)C)[C@@H]1C. The summed E-state index contributed by atoms with van der Waals surface area (Å²) in [6.45, 7) is 17.7. The van der Waals surface area contributed by atoms with E-state index >= 15 is 0 Å². The van der Waals surface area contributed by atoms with Crippen molar-refractivity contribution < 1.29 is 9.22 Å². The molecule has 0 radical (unpaired) electrons. The van der Waals surface area contributed by atoms with Gasteiger partial charge >= 0.3 is 0 Å². The number of carbonyl (C=O) groups is 1. The van der Waals surface area contributed by atoms with Crippen molar-refractivity contribution in [2.45, 2.75) is 70.8 Å². The minimum Gasteiger partial charge on any atom is -0.412 e. The lowest BCUT2D eigenvalue weighted by Crippen LogP contribution is -2.55. The number of carbonyl (C=O) groups excluding carboxylic acids is 1. The predicted molar refractivity (Wildman–Crippen MR) is 82.7 cm³/mol. The van der Waals surface area contributed by atoms with E-state index in [4.69, 9.17) is 4.43 Å². The van der Waals surface area contributed by atoms with Crippen LogP contribution < -0.4 is 0 Å². The molecule has 1 aliphatic rings. The third kappa shape index (κ3) is 3.69. The van der Waals surface area contributed by atoms with E-state index in [9.17, 15) is 4.79 Å². The van der Waals surface area contributed by atoms with Gasteiger partial charge in [-0.05, 0) is 31.5 Å². The van der Waals surface area contributed by atoms with Crippen LogP contribution in [0.3, 0.4) is 0 Å². The van der Waals surface area contributed by atoms with E-state index < -0.39 is 8.32 Å². The highest BCUT2D eigenvalue weighted by atomic mass is 28.4. The average Bonchev–Trinajstić information content (AvgIpc) is 2.26. The lowest BCUT2D eigenvalue weighted by atomic mass is 10.00. The Morgan fingerprint density at radius 3 is 2.53 bits per heavy atom. The molecule has 1 fully saturated rings. The highest BCUT2D eigenvalue weighted by Crippen LogP contribution is 2.39. The van der Waals surface area contributed by atoms with Gasteiger partial charge in [-0.1, -0.05) is 26.8 Å². The van der Waals surface area contributed by atoms with Crippen LogP contribution in [-0.2, 0) is 9.22 Å². The summed E-state index contributed by atoms with van der Waals surface area (Å²) in [4.78, 5) is 13.8. The van der Waals surface area contributed by atoms with E-state index in [1.165, 1.54) is 0 Å². The van der Waals surface area contributed by atoms with Crippen molar-refractivity contribution in [3.8, 4) is 0 Å². The zero-order valence-electron chi connectivity index (χ0n) is 13.3. The number of piperidine rings is 1. The first kappa shape index (κ1) is 16.4. The molecule has 0 aromatic carbocycles. The van der Waals surface area contributed by atoms with Gasteiger partial charge < -0.3 is 9.33 Å². The van der Waals surface area contributed by atoms with Crippen LogP contribution >= 0.6 is 0 Å². The monoisotopic (exact) mass is 283 g/mol. The Balaban J connectivity index is 2.79. The third-order valence-electron chi connectivity index (χ3n) is 4.57. The second-order valence-corrected chi connectivity index (χ2v) is 11.8. The normalized spacial score (nSPS) is 25.6. The van der Waals surface area contributed by atoms with Crippen LogP contribution in [-0.4, -0.2) is 37.8 Å². The van der Waals surface area contributed by atoms with Crippen LogP contribution in [0.25, 0.3) is 0 Å². The molecule has 110 valence electrons. The third-order valence-corrected chi connectivity index (χ3v) is 9.08. The number of nitrogens with zero attached hydrogens (tertiary/aromatic N) is 1. The van der Waals surface area contributed by atoms with E-state index in [0.717, 1.165) is 6.42 Å². The summed E-state index contributed by atoms with van der Waals surface area (Å²) in [5.74, 6) is 0.225. The maximum Gasteiger partial charge on any atom is 0.223 e. The Kier molecular flexibility index (Phi) is 5.01. The largest absolute Gasteiger partial charge is 0.412 e. The van der Waals surface area contributed by atoms with Gasteiger partial charge in [-0.2, -0.15) is 0 Å². The van der Waals surface area contributed by atoms with Crippen LogP contribution in [0.2, 0.25) is 18.1 Å². The van der Waals surface area contributed by atoms with Crippen molar-refractivity contribution in [2.75, 3.05) is 6.54 Å². The molecular formula is C15H29NO2Si. The van der Waals surface area contributed by atoms with Gasteiger partial charge in [0.25, 0.3) is 0 Å². The minimum atomic E-state index is -1.77. The Labute approximate surface area is 119 Å². The number of rotatable bonds is 4. The van der Waals surface area contributed by atoms with Crippen LogP contribution in [0.5, 0.6) is 0 Å². The average molecular weight is 283 g/mol. The maximum atomic E-state index is 11.9. The molecule has 0 bridgehead atoms. The molecule has 1 saturated heterocycles. The molecule has 1 aliphatic heterocycles. The molecular weight excluding hydrogens is 254 g/mol. The van der Waals surface area contributed by atoms with Crippen LogP contribution in [0.15, 0.2) is 12.7 Å². The summed E-state index contributed by atoms with van der Waals surface area (Å²) in [6.07, 6.45) is 3.40. The van der Waals surface area contributed by atoms with Gasteiger partial charge in [-0.15, -0.1) is 6.58 Å². The van der Waals surface area contributed by atoms with E-state index in [-0.39, 0.29) is 23.1 Å². The molecule has 2 atom stereocenters. The van der Waals surface area contributed by atoms with Crippen molar-refractivity contribution in [3.63, 3.8) is 0 Å². The molecule has 0 saturated carbocycles. The fourth-order valence-corrected chi connectivity index (χ4v) is 3.62. The van der Waals surface area contributed by atoms with Gasteiger partial charge in [0.2, 0.25) is 5.91 Å². The number of amides is 1. The fourth-order valence-electron chi connectivity index (χ4n) is 2.20. The van der Waals surface area contributed by atoms with Gasteiger partial charge in [0, 0.05) is 13.0 Å². The Bertz CT molecular complexity index is 347. The van der Waals surface area contributed by atoms with E-state index in [2.05, 4.69) is 47.4 Å².